The molecule has 0 bridgehead atoms. The van der Waals surface area contributed by atoms with Crippen LogP contribution < -0.4 is 16.1 Å². The summed E-state index contributed by atoms with van der Waals surface area (Å²) in [7, 11) is 0. The van der Waals surface area contributed by atoms with E-state index in [2.05, 4.69) is 33.2 Å². The van der Waals surface area contributed by atoms with Gasteiger partial charge >= 0.3 is 6.03 Å². The number of hydrogen-bond acceptors (Lipinski definition) is 4. The minimum Gasteiger partial charge on any atom is -0.337 e. The van der Waals surface area contributed by atoms with E-state index in [9.17, 15) is 9.59 Å². The normalized spacial score (nSPS) is 13.7. The molecule has 1 aliphatic rings. The van der Waals surface area contributed by atoms with Gasteiger partial charge in [0, 0.05) is 31.6 Å². The number of unbranched alkanes of at least 4 members (excludes halogenated alkanes) is 1. The number of aromatic amines is 1. The molecule has 0 aliphatic carbocycles. The third kappa shape index (κ3) is 5.30. The van der Waals surface area contributed by atoms with Crippen LogP contribution >= 0.6 is 0 Å². The van der Waals surface area contributed by atoms with Crippen molar-refractivity contribution < 1.29 is 9.59 Å². The molecule has 4 N–H and O–H groups in total. The summed E-state index contributed by atoms with van der Waals surface area (Å²) < 4.78 is 0. The van der Waals surface area contributed by atoms with Gasteiger partial charge in [-0.05, 0) is 12.0 Å². The quantitative estimate of drug-likeness (QED) is 0.560. The van der Waals surface area contributed by atoms with Crippen molar-refractivity contribution in [2.45, 2.75) is 39.2 Å². The molecule has 0 unspecified atom stereocenters. The Bertz CT molecular complexity index is 774. The van der Waals surface area contributed by atoms with Crippen molar-refractivity contribution in [1.82, 2.24) is 25.9 Å². The predicted molar refractivity (Wildman–Crippen MR) is 103 cm³/mol. The first-order valence-corrected chi connectivity index (χ1v) is 9.35. The largest absolute Gasteiger partial charge is 0.337 e. The highest BCUT2D eigenvalue weighted by Gasteiger charge is 2.24. The third-order valence-electron chi connectivity index (χ3n) is 4.47. The molecule has 0 spiro atoms. The summed E-state index contributed by atoms with van der Waals surface area (Å²) in [5.41, 5.74) is 5.65. The van der Waals surface area contributed by atoms with Crippen LogP contribution in [0.15, 0.2) is 30.3 Å². The zero-order chi connectivity index (χ0) is 19.1. The first-order valence-electron chi connectivity index (χ1n) is 9.35. The van der Waals surface area contributed by atoms with E-state index < -0.39 is 0 Å². The van der Waals surface area contributed by atoms with Crippen LogP contribution in [0.3, 0.4) is 0 Å². The lowest BCUT2D eigenvalue weighted by Gasteiger charge is -2.27. The summed E-state index contributed by atoms with van der Waals surface area (Å²) in [6.45, 7) is 3.91. The van der Waals surface area contributed by atoms with Crippen LogP contribution in [0.2, 0.25) is 0 Å². The second kappa shape index (κ2) is 9.18. The predicted octanol–water partition coefficient (Wildman–Crippen LogP) is 1.96. The number of benzene rings is 1. The standard InChI is InChI=1S/C19H26N6O2/c1-2-3-10-20-19(27)24-25-11-9-16-15(13-25)18(23-22-16)21-17(26)12-14-7-5-4-6-8-14/h4-8H,2-3,9-13H2,1H3,(H2,20,24,27)(H2,21,22,23,26). The Hall–Kier alpha value is -2.87. The summed E-state index contributed by atoms with van der Waals surface area (Å²) in [6.07, 6.45) is 3.00. The van der Waals surface area contributed by atoms with E-state index in [0.29, 0.717) is 38.3 Å². The number of H-pyrrole nitrogens is 1. The number of carbonyl (C=O) groups excluding carboxylic acids is 2. The maximum absolute atomic E-state index is 12.3. The van der Waals surface area contributed by atoms with Crippen LogP contribution in [0.4, 0.5) is 10.6 Å². The summed E-state index contributed by atoms with van der Waals surface area (Å²) >= 11 is 0. The van der Waals surface area contributed by atoms with Crippen molar-refractivity contribution in [1.29, 1.82) is 0 Å². The van der Waals surface area contributed by atoms with E-state index in [4.69, 9.17) is 0 Å². The molecule has 2 aromatic rings. The zero-order valence-corrected chi connectivity index (χ0v) is 15.5. The number of urea groups is 1. The van der Waals surface area contributed by atoms with Crippen LogP contribution in [-0.2, 0) is 24.2 Å². The summed E-state index contributed by atoms with van der Waals surface area (Å²) in [4.78, 5) is 24.3. The highest BCUT2D eigenvalue weighted by atomic mass is 16.2. The molecule has 27 heavy (non-hydrogen) atoms. The molecule has 8 heteroatoms. The molecule has 0 fully saturated rings. The number of rotatable bonds is 7. The second-order valence-electron chi connectivity index (χ2n) is 6.63. The number of aromatic nitrogens is 2. The van der Waals surface area contributed by atoms with Crippen LogP contribution in [-0.4, -0.2) is 40.2 Å². The SMILES string of the molecule is CCCCNC(=O)NN1CCc2n[nH]c(NC(=O)Cc3ccccc3)c2C1. The highest BCUT2D eigenvalue weighted by Crippen LogP contribution is 2.23. The molecule has 2 heterocycles. The van der Waals surface area contributed by atoms with Crippen LogP contribution in [0, 0.1) is 0 Å². The fourth-order valence-electron chi connectivity index (χ4n) is 3.02. The number of amides is 3. The maximum Gasteiger partial charge on any atom is 0.329 e. The molecule has 0 radical (unpaired) electrons. The third-order valence-corrected chi connectivity index (χ3v) is 4.47. The minimum absolute atomic E-state index is 0.102. The van der Waals surface area contributed by atoms with Crippen molar-refractivity contribution in [3.8, 4) is 0 Å². The number of fused-ring (bicyclic) bond motifs is 1. The molecule has 3 amide bonds. The lowest BCUT2D eigenvalue weighted by atomic mass is 10.1. The molecular formula is C19H26N6O2. The van der Waals surface area contributed by atoms with E-state index in [-0.39, 0.29) is 11.9 Å². The monoisotopic (exact) mass is 370 g/mol. The van der Waals surface area contributed by atoms with Gasteiger partial charge in [-0.15, -0.1) is 0 Å². The van der Waals surface area contributed by atoms with Crippen LogP contribution in [0.25, 0.3) is 0 Å². The van der Waals surface area contributed by atoms with E-state index >= 15 is 0 Å². The van der Waals surface area contributed by atoms with Crippen molar-refractivity contribution in [2.75, 3.05) is 18.4 Å². The molecule has 0 saturated carbocycles. The van der Waals surface area contributed by atoms with E-state index in [0.717, 1.165) is 29.7 Å². The number of nitrogens with one attached hydrogen (secondary N) is 4. The maximum atomic E-state index is 12.3. The Morgan fingerprint density at radius 1 is 1.26 bits per heavy atom. The molecule has 0 atom stereocenters. The summed E-state index contributed by atoms with van der Waals surface area (Å²) in [6, 6.07) is 9.39. The molecule has 1 aliphatic heterocycles. The molecular weight excluding hydrogens is 344 g/mol. The number of hydrogen-bond donors (Lipinski definition) is 4. The van der Waals surface area contributed by atoms with E-state index in [1.54, 1.807) is 0 Å². The van der Waals surface area contributed by atoms with Crippen LogP contribution in [0.1, 0.15) is 36.6 Å². The molecule has 144 valence electrons. The topological polar surface area (TPSA) is 102 Å². The first-order chi connectivity index (χ1) is 13.2. The van der Waals surface area contributed by atoms with Crippen LogP contribution in [0.5, 0.6) is 0 Å². The average Bonchev–Trinajstić information content (AvgIpc) is 3.05. The average molecular weight is 370 g/mol. The van der Waals surface area contributed by atoms with Gasteiger partial charge in [-0.3, -0.25) is 15.3 Å². The molecule has 3 rings (SSSR count). The lowest BCUT2D eigenvalue weighted by Crippen LogP contribution is -2.49. The Balaban J connectivity index is 1.56. The number of nitrogens with zero attached hydrogens (tertiary/aromatic N) is 2. The fraction of sp³-hybridized carbons (Fsp3) is 0.421. The molecule has 8 nitrogen and oxygen atoms in total. The van der Waals surface area contributed by atoms with Gasteiger partial charge in [0.2, 0.25) is 5.91 Å². The lowest BCUT2D eigenvalue weighted by molar-refractivity contribution is -0.115. The van der Waals surface area contributed by atoms with Gasteiger partial charge in [-0.2, -0.15) is 5.10 Å². The van der Waals surface area contributed by atoms with Crippen molar-refractivity contribution in [3.05, 3.63) is 47.2 Å². The highest BCUT2D eigenvalue weighted by molar-refractivity contribution is 5.92. The number of anilines is 1. The molecule has 1 aromatic heterocycles. The molecule has 0 saturated heterocycles. The van der Waals surface area contributed by atoms with Crippen molar-refractivity contribution in [2.24, 2.45) is 0 Å². The van der Waals surface area contributed by atoms with Gasteiger partial charge in [0.25, 0.3) is 0 Å². The van der Waals surface area contributed by atoms with Gasteiger partial charge in [0.1, 0.15) is 5.82 Å². The second-order valence-corrected chi connectivity index (χ2v) is 6.63. The van der Waals surface area contributed by atoms with Crippen molar-refractivity contribution in [3.63, 3.8) is 0 Å². The zero-order valence-electron chi connectivity index (χ0n) is 15.5. The molecule has 1 aromatic carbocycles. The Morgan fingerprint density at radius 2 is 2.07 bits per heavy atom. The fourth-order valence-corrected chi connectivity index (χ4v) is 3.02. The van der Waals surface area contributed by atoms with Gasteiger partial charge in [-0.25, -0.2) is 9.80 Å². The Morgan fingerprint density at radius 3 is 2.85 bits per heavy atom. The smallest absolute Gasteiger partial charge is 0.329 e. The summed E-state index contributed by atoms with van der Waals surface area (Å²) in [5, 5.41) is 14.8. The minimum atomic E-state index is -0.204. The van der Waals surface area contributed by atoms with Gasteiger partial charge in [0.05, 0.1) is 12.1 Å². The number of carbonyl (C=O) groups is 2. The van der Waals surface area contributed by atoms with Gasteiger partial charge in [0.15, 0.2) is 0 Å². The Kier molecular flexibility index (Phi) is 6.43. The summed E-state index contributed by atoms with van der Waals surface area (Å²) in [5.74, 6) is 0.499. The van der Waals surface area contributed by atoms with E-state index in [1.165, 1.54) is 0 Å². The van der Waals surface area contributed by atoms with Crippen molar-refractivity contribution >= 4 is 17.8 Å². The van der Waals surface area contributed by atoms with Gasteiger partial charge < -0.3 is 10.6 Å². The first kappa shape index (κ1) is 18.9. The van der Waals surface area contributed by atoms with Gasteiger partial charge in [-0.1, -0.05) is 43.7 Å². The van der Waals surface area contributed by atoms with E-state index in [1.807, 2.05) is 35.3 Å². The number of hydrazine groups is 1. The Labute approximate surface area is 158 Å².